The van der Waals surface area contributed by atoms with Gasteiger partial charge in [0.2, 0.25) is 10.0 Å². The van der Waals surface area contributed by atoms with Crippen LogP contribution in [0.25, 0.3) is 0 Å². The van der Waals surface area contributed by atoms with E-state index in [0.717, 1.165) is 30.1 Å². The van der Waals surface area contributed by atoms with E-state index in [1.54, 1.807) is 4.31 Å². The first kappa shape index (κ1) is 22.2. The van der Waals surface area contributed by atoms with Crippen LogP contribution in [-0.4, -0.2) is 58.8 Å². The van der Waals surface area contributed by atoms with Crippen LogP contribution in [-0.2, 0) is 23.6 Å². The van der Waals surface area contributed by atoms with Crippen LogP contribution in [0.4, 0.5) is 0 Å². The topological polar surface area (TPSA) is 105 Å². The minimum absolute atomic E-state index is 0.0354. The van der Waals surface area contributed by atoms with Crippen molar-refractivity contribution in [2.75, 3.05) is 19.3 Å². The average molecular weight is 434 g/mol. The highest BCUT2D eigenvalue weighted by Gasteiger charge is 2.31. The van der Waals surface area contributed by atoms with Crippen molar-refractivity contribution in [1.82, 2.24) is 29.7 Å². The first-order valence-electron chi connectivity index (χ1n) is 10.2. The molecule has 0 saturated carbocycles. The smallest absolute Gasteiger partial charge is 0.211 e. The van der Waals surface area contributed by atoms with Crippen molar-refractivity contribution in [3.05, 3.63) is 47.5 Å². The lowest BCUT2D eigenvalue weighted by Gasteiger charge is -2.24. The second kappa shape index (κ2) is 9.57. The number of rotatable bonds is 7. The third-order valence-electron chi connectivity index (χ3n) is 5.47. The lowest BCUT2D eigenvalue weighted by molar-refractivity contribution is 0.387. The highest BCUT2D eigenvalue weighted by molar-refractivity contribution is 7.88. The quantitative estimate of drug-likeness (QED) is 0.504. The second-order valence-corrected chi connectivity index (χ2v) is 9.65. The number of guanidine groups is 1. The zero-order chi connectivity index (χ0) is 21.7. The van der Waals surface area contributed by atoms with Crippen molar-refractivity contribution < 1.29 is 8.42 Å². The molecule has 1 aliphatic rings. The van der Waals surface area contributed by atoms with Gasteiger partial charge in [0.1, 0.15) is 12.4 Å². The van der Waals surface area contributed by atoms with Crippen LogP contribution in [0.5, 0.6) is 0 Å². The predicted molar refractivity (Wildman–Crippen MR) is 117 cm³/mol. The number of nitrogens with one attached hydrogen (secondary N) is 2. The Labute approximate surface area is 178 Å². The molecule has 0 amide bonds. The van der Waals surface area contributed by atoms with Crippen LogP contribution in [0.15, 0.2) is 35.3 Å². The first-order chi connectivity index (χ1) is 14.3. The standard InChI is InChI=1S/C20H31N7O2S/c1-15(17-9-6-5-7-10-17)23-20(22-14-19-25-24-16(2)26(19)3)21-13-18-11-8-12-27(18)30(4,28)29/h5-7,9-10,15,18H,8,11-14H2,1-4H3,(H2,21,22,23)/t15?,18-/m1/s1. The first-order valence-corrected chi connectivity index (χ1v) is 12.0. The van der Waals surface area contributed by atoms with Crippen molar-refractivity contribution in [1.29, 1.82) is 0 Å². The maximum Gasteiger partial charge on any atom is 0.211 e. The van der Waals surface area contributed by atoms with Crippen molar-refractivity contribution in [3.8, 4) is 0 Å². The number of nitrogens with zero attached hydrogens (tertiary/aromatic N) is 5. The Morgan fingerprint density at radius 3 is 2.67 bits per heavy atom. The molecule has 30 heavy (non-hydrogen) atoms. The Morgan fingerprint density at radius 2 is 2.03 bits per heavy atom. The van der Waals surface area contributed by atoms with Crippen LogP contribution >= 0.6 is 0 Å². The van der Waals surface area contributed by atoms with E-state index < -0.39 is 10.0 Å². The molecule has 1 unspecified atom stereocenters. The summed E-state index contributed by atoms with van der Waals surface area (Å²) in [5, 5.41) is 15.0. The van der Waals surface area contributed by atoms with Gasteiger partial charge in [-0.1, -0.05) is 30.3 Å². The third-order valence-corrected chi connectivity index (χ3v) is 6.80. The van der Waals surface area contributed by atoms with E-state index in [9.17, 15) is 8.42 Å². The summed E-state index contributed by atoms with van der Waals surface area (Å²) in [7, 11) is -1.30. The number of benzene rings is 1. The number of sulfonamides is 1. The van der Waals surface area contributed by atoms with Crippen molar-refractivity contribution in [2.24, 2.45) is 12.0 Å². The van der Waals surface area contributed by atoms with Crippen LogP contribution in [0.1, 0.15) is 43.0 Å². The minimum Gasteiger partial charge on any atom is -0.355 e. The number of aryl methyl sites for hydroxylation is 1. The van der Waals surface area contributed by atoms with Crippen LogP contribution in [0.2, 0.25) is 0 Å². The van der Waals surface area contributed by atoms with E-state index in [2.05, 4.69) is 44.9 Å². The molecular weight excluding hydrogens is 402 g/mol. The van der Waals surface area contributed by atoms with Gasteiger partial charge in [-0.05, 0) is 32.3 Å². The zero-order valence-corrected chi connectivity index (χ0v) is 18.9. The normalized spacial score (nSPS) is 19.1. The molecule has 164 valence electrons. The summed E-state index contributed by atoms with van der Waals surface area (Å²) in [6, 6.07) is 10.1. The Hall–Kier alpha value is -2.46. The van der Waals surface area contributed by atoms with Crippen molar-refractivity contribution >= 4 is 16.0 Å². The summed E-state index contributed by atoms with van der Waals surface area (Å²) in [6.45, 7) is 5.41. The largest absolute Gasteiger partial charge is 0.355 e. The highest BCUT2D eigenvalue weighted by atomic mass is 32.2. The van der Waals surface area contributed by atoms with Gasteiger partial charge in [0.15, 0.2) is 11.8 Å². The molecular formula is C20H31N7O2S. The molecule has 0 bridgehead atoms. The maximum absolute atomic E-state index is 12.0. The lowest BCUT2D eigenvalue weighted by Crippen LogP contribution is -2.46. The van der Waals surface area contributed by atoms with Crippen LogP contribution < -0.4 is 10.6 Å². The van der Waals surface area contributed by atoms with E-state index >= 15 is 0 Å². The van der Waals surface area contributed by atoms with Gasteiger partial charge in [0.05, 0.1) is 12.3 Å². The van der Waals surface area contributed by atoms with Crippen LogP contribution in [0.3, 0.4) is 0 Å². The molecule has 2 N–H and O–H groups in total. The highest BCUT2D eigenvalue weighted by Crippen LogP contribution is 2.19. The zero-order valence-electron chi connectivity index (χ0n) is 18.0. The molecule has 1 aromatic carbocycles. The number of hydrogen-bond acceptors (Lipinski definition) is 5. The van der Waals surface area contributed by atoms with Gasteiger partial charge in [-0.3, -0.25) is 0 Å². The van der Waals surface area contributed by atoms with E-state index in [-0.39, 0.29) is 12.1 Å². The molecule has 2 atom stereocenters. The molecule has 1 aliphatic heterocycles. The number of aliphatic imine (C=N–C) groups is 1. The fourth-order valence-corrected chi connectivity index (χ4v) is 4.77. The summed E-state index contributed by atoms with van der Waals surface area (Å²) in [5.41, 5.74) is 1.14. The summed E-state index contributed by atoms with van der Waals surface area (Å²) < 4.78 is 27.6. The second-order valence-electron chi connectivity index (χ2n) is 7.71. The minimum atomic E-state index is -3.21. The van der Waals surface area contributed by atoms with Gasteiger partial charge in [-0.15, -0.1) is 10.2 Å². The van der Waals surface area contributed by atoms with Gasteiger partial charge >= 0.3 is 0 Å². The van der Waals surface area contributed by atoms with E-state index in [1.807, 2.05) is 36.7 Å². The lowest BCUT2D eigenvalue weighted by atomic mass is 10.1. The third kappa shape index (κ3) is 5.57. The van der Waals surface area contributed by atoms with Gasteiger partial charge < -0.3 is 15.2 Å². The van der Waals surface area contributed by atoms with E-state index in [0.29, 0.717) is 25.6 Å². The van der Waals surface area contributed by atoms with Gasteiger partial charge in [0.25, 0.3) is 0 Å². The fraction of sp³-hybridized carbons (Fsp3) is 0.550. The summed E-state index contributed by atoms with van der Waals surface area (Å²) in [5.74, 6) is 2.21. The average Bonchev–Trinajstić information content (AvgIpc) is 3.32. The molecule has 0 radical (unpaired) electrons. The monoisotopic (exact) mass is 433 g/mol. The van der Waals surface area contributed by atoms with Gasteiger partial charge in [0, 0.05) is 26.2 Å². The Balaban J connectivity index is 1.73. The van der Waals surface area contributed by atoms with Gasteiger partial charge in [-0.2, -0.15) is 4.31 Å². The molecule has 3 rings (SSSR count). The van der Waals surface area contributed by atoms with E-state index in [4.69, 9.17) is 0 Å². The summed E-state index contributed by atoms with van der Waals surface area (Å²) >= 11 is 0. The molecule has 2 heterocycles. The number of hydrogen-bond donors (Lipinski definition) is 2. The molecule has 2 aromatic rings. The van der Waals surface area contributed by atoms with Gasteiger partial charge in [-0.25, -0.2) is 13.4 Å². The van der Waals surface area contributed by atoms with Crippen molar-refractivity contribution in [3.63, 3.8) is 0 Å². The fourth-order valence-electron chi connectivity index (χ4n) is 3.59. The molecule has 1 fully saturated rings. The predicted octanol–water partition coefficient (Wildman–Crippen LogP) is 1.34. The number of aromatic nitrogens is 3. The Kier molecular flexibility index (Phi) is 7.09. The SMILES string of the molecule is Cc1nnc(CN=C(NC[C@H]2CCCN2S(C)(=O)=O)NC(C)c2ccccc2)n1C. The Bertz CT molecular complexity index is 972. The Morgan fingerprint density at radius 1 is 1.30 bits per heavy atom. The molecule has 0 aliphatic carbocycles. The maximum atomic E-state index is 12.0. The summed E-state index contributed by atoms with van der Waals surface area (Å²) in [4.78, 5) is 4.68. The van der Waals surface area contributed by atoms with E-state index in [1.165, 1.54) is 6.26 Å². The molecule has 10 heteroatoms. The molecule has 1 saturated heterocycles. The van der Waals surface area contributed by atoms with Crippen LogP contribution in [0, 0.1) is 6.92 Å². The van der Waals surface area contributed by atoms with Crippen molar-refractivity contribution in [2.45, 2.75) is 45.3 Å². The molecule has 1 aromatic heterocycles. The summed E-state index contributed by atoms with van der Waals surface area (Å²) in [6.07, 6.45) is 2.98. The molecule has 9 nitrogen and oxygen atoms in total. The molecule has 0 spiro atoms.